The van der Waals surface area contributed by atoms with Crippen LogP contribution in [0.15, 0.2) is 60.7 Å². The smallest absolute Gasteiger partial charge is 0.0592 e. The van der Waals surface area contributed by atoms with Crippen LogP contribution in [0.3, 0.4) is 0 Å². The Balaban J connectivity index is 1.77. The fourth-order valence-corrected chi connectivity index (χ4v) is 2.41. The number of hydrogen-bond acceptors (Lipinski definition) is 3. The van der Waals surface area contributed by atoms with Crippen molar-refractivity contribution in [3.63, 3.8) is 0 Å². The third kappa shape index (κ3) is 1.84. The normalized spacial score (nSPS) is 25.9. The van der Waals surface area contributed by atoms with Gasteiger partial charge in [0.2, 0.25) is 0 Å². The van der Waals surface area contributed by atoms with E-state index in [1.807, 2.05) is 36.7 Å². The summed E-state index contributed by atoms with van der Waals surface area (Å²) in [6.07, 6.45) is 14.2. The van der Waals surface area contributed by atoms with Crippen LogP contribution in [0, 0.1) is 5.92 Å². The third-order valence-corrected chi connectivity index (χ3v) is 3.33. The molecule has 1 aromatic rings. The minimum absolute atomic E-state index is 0.335. The SMILES string of the molecule is NC1=CC=CC2C1C=CN2Cc1ccncc1. The van der Waals surface area contributed by atoms with Gasteiger partial charge in [-0.2, -0.15) is 0 Å². The number of pyridine rings is 1. The molecule has 3 rings (SSSR count). The maximum atomic E-state index is 6.00. The molecule has 2 heterocycles. The minimum Gasteiger partial charge on any atom is -0.401 e. The van der Waals surface area contributed by atoms with Gasteiger partial charge >= 0.3 is 0 Å². The molecule has 0 bridgehead atoms. The van der Waals surface area contributed by atoms with E-state index in [0.29, 0.717) is 12.0 Å². The van der Waals surface area contributed by atoms with Crippen LogP contribution >= 0.6 is 0 Å². The van der Waals surface area contributed by atoms with Gasteiger partial charge < -0.3 is 10.6 Å². The fraction of sp³-hybridized carbons (Fsp3) is 0.214. The van der Waals surface area contributed by atoms with Crippen molar-refractivity contribution in [3.8, 4) is 0 Å². The molecule has 2 N–H and O–H groups in total. The molecule has 0 spiro atoms. The molecule has 0 saturated heterocycles. The zero-order valence-corrected chi connectivity index (χ0v) is 9.53. The lowest BCUT2D eigenvalue weighted by Gasteiger charge is -2.29. The standard InChI is InChI=1S/C14H15N3/c15-13-2-1-3-14-12(13)6-9-17(14)10-11-4-7-16-8-5-11/h1-9,12,14H,10,15H2. The zero-order valence-electron chi connectivity index (χ0n) is 9.53. The summed E-state index contributed by atoms with van der Waals surface area (Å²) in [5.74, 6) is 0.335. The van der Waals surface area contributed by atoms with E-state index in [2.05, 4.69) is 28.2 Å². The van der Waals surface area contributed by atoms with E-state index in [0.717, 1.165) is 12.2 Å². The molecule has 2 atom stereocenters. The first kappa shape index (κ1) is 10.1. The van der Waals surface area contributed by atoms with Crippen LogP contribution in [0.5, 0.6) is 0 Å². The number of nitrogens with zero attached hydrogens (tertiary/aromatic N) is 2. The van der Waals surface area contributed by atoms with E-state index in [9.17, 15) is 0 Å². The van der Waals surface area contributed by atoms with Crippen molar-refractivity contribution < 1.29 is 0 Å². The summed E-state index contributed by atoms with van der Waals surface area (Å²) in [6.45, 7) is 0.901. The van der Waals surface area contributed by atoms with Crippen LogP contribution in [0.1, 0.15) is 5.56 Å². The molecular formula is C14H15N3. The summed E-state index contributed by atoms with van der Waals surface area (Å²) in [5, 5.41) is 0. The first-order valence-electron chi connectivity index (χ1n) is 5.81. The first-order chi connectivity index (χ1) is 8.34. The molecule has 2 aliphatic rings. The van der Waals surface area contributed by atoms with Crippen molar-refractivity contribution in [3.05, 3.63) is 66.3 Å². The Labute approximate surface area is 101 Å². The Bertz CT molecular complexity index is 487. The lowest BCUT2D eigenvalue weighted by atomic mass is 9.93. The Morgan fingerprint density at radius 1 is 1.24 bits per heavy atom. The monoisotopic (exact) mass is 225 g/mol. The van der Waals surface area contributed by atoms with Crippen LogP contribution in [-0.2, 0) is 6.54 Å². The average molecular weight is 225 g/mol. The van der Waals surface area contributed by atoms with Crippen LogP contribution in [-0.4, -0.2) is 15.9 Å². The molecule has 0 radical (unpaired) electrons. The fourth-order valence-electron chi connectivity index (χ4n) is 2.41. The molecule has 0 fully saturated rings. The minimum atomic E-state index is 0.335. The number of fused-ring (bicyclic) bond motifs is 1. The summed E-state index contributed by atoms with van der Waals surface area (Å²) in [5.41, 5.74) is 8.22. The zero-order chi connectivity index (χ0) is 11.7. The van der Waals surface area contributed by atoms with Gasteiger partial charge in [0, 0.05) is 30.6 Å². The number of aromatic nitrogens is 1. The summed E-state index contributed by atoms with van der Waals surface area (Å²) in [4.78, 5) is 6.35. The highest BCUT2D eigenvalue weighted by Gasteiger charge is 2.29. The quantitative estimate of drug-likeness (QED) is 0.834. The molecule has 0 saturated carbocycles. The Morgan fingerprint density at radius 2 is 2.06 bits per heavy atom. The molecule has 1 aliphatic heterocycles. The second kappa shape index (κ2) is 4.09. The van der Waals surface area contributed by atoms with E-state index in [-0.39, 0.29) is 0 Å². The largest absolute Gasteiger partial charge is 0.401 e. The molecule has 0 aromatic carbocycles. The van der Waals surface area contributed by atoms with Gasteiger partial charge in [0.15, 0.2) is 0 Å². The molecule has 2 unspecified atom stereocenters. The maximum Gasteiger partial charge on any atom is 0.0592 e. The molecule has 1 aromatic heterocycles. The van der Waals surface area contributed by atoms with Gasteiger partial charge in [-0.05, 0) is 30.0 Å². The Hall–Kier alpha value is -2.03. The van der Waals surface area contributed by atoms with Crippen LogP contribution in [0.2, 0.25) is 0 Å². The van der Waals surface area contributed by atoms with Crippen molar-refractivity contribution in [2.75, 3.05) is 0 Å². The predicted molar refractivity (Wildman–Crippen MR) is 67.6 cm³/mol. The maximum absolute atomic E-state index is 6.00. The molecule has 3 heteroatoms. The van der Waals surface area contributed by atoms with Crippen molar-refractivity contribution in [2.45, 2.75) is 12.6 Å². The Morgan fingerprint density at radius 3 is 2.88 bits per heavy atom. The second-order valence-corrected chi connectivity index (χ2v) is 4.44. The molecular weight excluding hydrogens is 210 g/mol. The number of hydrogen-bond donors (Lipinski definition) is 1. The highest BCUT2D eigenvalue weighted by Crippen LogP contribution is 2.30. The van der Waals surface area contributed by atoms with Crippen molar-refractivity contribution in [2.24, 2.45) is 11.7 Å². The number of rotatable bonds is 2. The van der Waals surface area contributed by atoms with Gasteiger partial charge in [0.1, 0.15) is 0 Å². The topological polar surface area (TPSA) is 42.1 Å². The van der Waals surface area contributed by atoms with Crippen LogP contribution in [0.25, 0.3) is 0 Å². The lowest BCUT2D eigenvalue weighted by Crippen LogP contribution is -2.33. The first-order valence-corrected chi connectivity index (χ1v) is 5.81. The van der Waals surface area contributed by atoms with Crippen LogP contribution in [0.4, 0.5) is 0 Å². The molecule has 0 amide bonds. The van der Waals surface area contributed by atoms with Gasteiger partial charge in [0.25, 0.3) is 0 Å². The highest BCUT2D eigenvalue weighted by atomic mass is 15.2. The van der Waals surface area contributed by atoms with Gasteiger partial charge in [-0.3, -0.25) is 4.98 Å². The second-order valence-electron chi connectivity index (χ2n) is 4.44. The summed E-state index contributed by atoms with van der Waals surface area (Å²) in [6, 6.07) is 4.47. The van der Waals surface area contributed by atoms with Crippen molar-refractivity contribution in [1.29, 1.82) is 0 Å². The third-order valence-electron chi connectivity index (χ3n) is 3.33. The Kier molecular flexibility index (Phi) is 2.44. The number of allylic oxidation sites excluding steroid dienone is 2. The molecule has 1 aliphatic carbocycles. The van der Waals surface area contributed by atoms with Gasteiger partial charge in [-0.15, -0.1) is 0 Å². The van der Waals surface area contributed by atoms with Crippen LogP contribution < -0.4 is 5.73 Å². The lowest BCUT2D eigenvalue weighted by molar-refractivity contribution is 0.305. The van der Waals surface area contributed by atoms with E-state index >= 15 is 0 Å². The summed E-state index contributed by atoms with van der Waals surface area (Å²) < 4.78 is 0. The van der Waals surface area contributed by atoms with Gasteiger partial charge in [-0.1, -0.05) is 18.2 Å². The van der Waals surface area contributed by atoms with Gasteiger partial charge in [-0.25, -0.2) is 0 Å². The molecule has 17 heavy (non-hydrogen) atoms. The van der Waals surface area contributed by atoms with E-state index in [4.69, 9.17) is 5.73 Å². The van der Waals surface area contributed by atoms with E-state index in [1.54, 1.807) is 0 Å². The highest BCUT2D eigenvalue weighted by molar-refractivity contribution is 5.31. The van der Waals surface area contributed by atoms with E-state index in [1.165, 1.54) is 5.56 Å². The number of nitrogens with two attached hydrogens (primary N) is 1. The van der Waals surface area contributed by atoms with E-state index < -0.39 is 0 Å². The molecule has 3 nitrogen and oxygen atoms in total. The molecule has 86 valence electrons. The summed E-state index contributed by atoms with van der Waals surface area (Å²) >= 11 is 0. The predicted octanol–water partition coefficient (Wildman–Crippen LogP) is 1.81. The van der Waals surface area contributed by atoms with Gasteiger partial charge in [0.05, 0.1) is 6.04 Å². The van der Waals surface area contributed by atoms with Crippen molar-refractivity contribution in [1.82, 2.24) is 9.88 Å². The summed E-state index contributed by atoms with van der Waals surface area (Å²) in [7, 11) is 0. The average Bonchev–Trinajstić information content (AvgIpc) is 2.76. The van der Waals surface area contributed by atoms with Crippen molar-refractivity contribution >= 4 is 0 Å².